The maximum atomic E-state index is 2.48. The maximum Gasteiger partial charge on any atom is 0.0480 e. The topological polar surface area (TPSA) is 8.17 Å². The highest BCUT2D eigenvalue weighted by molar-refractivity contribution is 5.85. The fraction of sp³-hybridized carbons (Fsp3) is 0.429. The quantitative estimate of drug-likeness (QED) is 0.795. The summed E-state index contributed by atoms with van der Waals surface area (Å²) in [6, 6.07) is 11.6. The molecule has 3 rings (SSSR count). The van der Waals surface area contributed by atoms with Gasteiger partial charge >= 0.3 is 0 Å². The van der Waals surface area contributed by atoms with Gasteiger partial charge in [0, 0.05) is 24.3 Å². The van der Waals surface area contributed by atoms with Crippen LogP contribution >= 0.6 is 12.4 Å². The van der Waals surface area contributed by atoms with Crippen LogP contribution in [0.15, 0.2) is 36.5 Å². The second-order valence-corrected chi connectivity index (χ2v) is 4.80. The van der Waals surface area contributed by atoms with Crippen molar-refractivity contribution in [3.8, 4) is 0 Å². The van der Waals surface area contributed by atoms with Crippen molar-refractivity contribution in [2.75, 3.05) is 13.6 Å². The van der Waals surface area contributed by atoms with Crippen LogP contribution in [0.1, 0.15) is 12.8 Å². The lowest BCUT2D eigenvalue weighted by Crippen LogP contribution is -2.28. The molecule has 1 saturated heterocycles. The summed E-state index contributed by atoms with van der Waals surface area (Å²) in [6.45, 7) is 2.38. The monoisotopic (exact) mass is 250 g/mol. The number of fused-ring (bicyclic) bond motifs is 1. The van der Waals surface area contributed by atoms with E-state index in [-0.39, 0.29) is 12.4 Å². The molecule has 2 aromatic rings. The van der Waals surface area contributed by atoms with Gasteiger partial charge < -0.3 is 9.47 Å². The lowest BCUT2D eigenvalue weighted by molar-refractivity contribution is 0.284. The van der Waals surface area contributed by atoms with Crippen LogP contribution in [0.25, 0.3) is 10.9 Å². The minimum Gasteiger partial charge on any atom is -0.346 e. The lowest BCUT2D eigenvalue weighted by Gasteiger charge is -2.20. The van der Waals surface area contributed by atoms with Gasteiger partial charge in [-0.05, 0) is 44.0 Å². The molecule has 3 heteroatoms. The summed E-state index contributed by atoms with van der Waals surface area (Å²) in [7, 11) is 2.24. The summed E-state index contributed by atoms with van der Waals surface area (Å²) in [4.78, 5) is 2.48. The van der Waals surface area contributed by atoms with E-state index in [0.29, 0.717) is 0 Å². The molecule has 0 radical (unpaired) electrons. The van der Waals surface area contributed by atoms with E-state index in [0.717, 1.165) is 12.6 Å². The Bertz CT molecular complexity index is 492. The number of hydrogen-bond donors (Lipinski definition) is 0. The molecule has 1 atom stereocenters. The van der Waals surface area contributed by atoms with Crippen molar-refractivity contribution in [1.29, 1.82) is 0 Å². The number of rotatable bonds is 2. The minimum atomic E-state index is 0. The molecular formula is C14H19ClN2. The third-order valence-electron chi connectivity index (χ3n) is 3.76. The van der Waals surface area contributed by atoms with Crippen molar-refractivity contribution in [2.24, 2.45) is 0 Å². The van der Waals surface area contributed by atoms with Crippen molar-refractivity contribution < 1.29 is 0 Å². The number of hydrogen-bond acceptors (Lipinski definition) is 1. The molecule has 0 N–H and O–H groups in total. The Morgan fingerprint density at radius 1 is 1.24 bits per heavy atom. The predicted octanol–water partition coefficient (Wildman–Crippen LogP) is 3.16. The SMILES string of the molecule is CN1CCC[C@@H]1Cn1ccc2ccccc21.Cl. The van der Waals surface area contributed by atoms with E-state index in [1.54, 1.807) is 0 Å². The molecule has 0 saturated carbocycles. The average Bonchev–Trinajstić information content (AvgIpc) is 2.88. The summed E-state index contributed by atoms with van der Waals surface area (Å²) in [5.74, 6) is 0. The van der Waals surface area contributed by atoms with Crippen LogP contribution in [0, 0.1) is 0 Å². The Kier molecular flexibility index (Phi) is 3.75. The van der Waals surface area contributed by atoms with E-state index in [1.165, 1.54) is 30.3 Å². The number of likely N-dealkylation sites (tertiary alicyclic amines) is 1. The van der Waals surface area contributed by atoms with Gasteiger partial charge in [0.15, 0.2) is 0 Å². The smallest absolute Gasteiger partial charge is 0.0480 e. The van der Waals surface area contributed by atoms with Gasteiger partial charge in [-0.15, -0.1) is 12.4 Å². The zero-order chi connectivity index (χ0) is 11.0. The van der Waals surface area contributed by atoms with Crippen LogP contribution in [-0.2, 0) is 6.54 Å². The summed E-state index contributed by atoms with van der Waals surface area (Å²) in [5, 5.41) is 1.35. The molecule has 0 spiro atoms. The molecule has 2 nitrogen and oxygen atoms in total. The molecule has 2 heterocycles. The van der Waals surface area contributed by atoms with Crippen LogP contribution < -0.4 is 0 Å². The summed E-state index contributed by atoms with van der Waals surface area (Å²) in [6.07, 6.45) is 4.90. The fourth-order valence-corrected chi connectivity index (χ4v) is 2.74. The van der Waals surface area contributed by atoms with Gasteiger partial charge in [-0.1, -0.05) is 18.2 Å². The van der Waals surface area contributed by atoms with Gasteiger partial charge in [-0.3, -0.25) is 0 Å². The zero-order valence-corrected chi connectivity index (χ0v) is 11.0. The van der Waals surface area contributed by atoms with Crippen LogP contribution in [0.5, 0.6) is 0 Å². The zero-order valence-electron chi connectivity index (χ0n) is 10.2. The molecule has 0 unspecified atom stereocenters. The third kappa shape index (κ3) is 2.33. The van der Waals surface area contributed by atoms with E-state index < -0.39 is 0 Å². The predicted molar refractivity (Wildman–Crippen MR) is 74.8 cm³/mol. The highest BCUT2D eigenvalue weighted by Crippen LogP contribution is 2.20. The van der Waals surface area contributed by atoms with Crippen LogP contribution in [0.2, 0.25) is 0 Å². The normalized spacial score (nSPS) is 20.6. The second kappa shape index (κ2) is 5.11. The van der Waals surface area contributed by atoms with Crippen molar-refractivity contribution in [3.63, 3.8) is 0 Å². The fourth-order valence-electron chi connectivity index (χ4n) is 2.74. The number of aromatic nitrogens is 1. The van der Waals surface area contributed by atoms with E-state index in [4.69, 9.17) is 0 Å². The first-order chi connectivity index (χ1) is 7.84. The molecular weight excluding hydrogens is 232 g/mol. The third-order valence-corrected chi connectivity index (χ3v) is 3.76. The first-order valence-corrected chi connectivity index (χ1v) is 6.09. The molecule has 0 amide bonds. The van der Waals surface area contributed by atoms with E-state index in [2.05, 4.69) is 53.0 Å². The van der Waals surface area contributed by atoms with Crippen molar-refractivity contribution >= 4 is 23.3 Å². The van der Waals surface area contributed by atoms with Gasteiger partial charge in [-0.25, -0.2) is 0 Å². The average molecular weight is 251 g/mol. The number of likely N-dealkylation sites (N-methyl/N-ethyl adjacent to an activating group) is 1. The van der Waals surface area contributed by atoms with Crippen LogP contribution in [0.3, 0.4) is 0 Å². The first kappa shape index (κ1) is 12.5. The molecule has 1 fully saturated rings. The molecule has 1 aromatic heterocycles. The molecule has 1 aromatic carbocycles. The number of halogens is 1. The Morgan fingerprint density at radius 3 is 2.82 bits per heavy atom. The lowest BCUT2D eigenvalue weighted by atomic mass is 10.2. The Morgan fingerprint density at radius 2 is 2.06 bits per heavy atom. The van der Waals surface area contributed by atoms with E-state index in [9.17, 15) is 0 Å². The van der Waals surface area contributed by atoms with Gasteiger partial charge in [-0.2, -0.15) is 0 Å². The van der Waals surface area contributed by atoms with E-state index >= 15 is 0 Å². The number of para-hydroxylation sites is 1. The Labute approximate surface area is 109 Å². The summed E-state index contributed by atoms with van der Waals surface area (Å²) in [5.41, 5.74) is 1.36. The highest BCUT2D eigenvalue weighted by Gasteiger charge is 2.21. The van der Waals surface area contributed by atoms with Crippen molar-refractivity contribution in [2.45, 2.75) is 25.4 Å². The molecule has 0 aliphatic carbocycles. The molecule has 1 aliphatic heterocycles. The van der Waals surface area contributed by atoms with Crippen LogP contribution in [-0.4, -0.2) is 29.1 Å². The molecule has 17 heavy (non-hydrogen) atoms. The Balaban J connectivity index is 0.00000108. The number of benzene rings is 1. The van der Waals surface area contributed by atoms with Gasteiger partial charge in [0.2, 0.25) is 0 Å². The Hall–Kier alpha value is -0.990. The minimum absolute atomic E-state index is 0. The highest BCUT2D eigenvalue weighted by atomic mass is 35.5. The van der Waals surface area contributed by atoms with Crippen molar-refractivity contribution in [1.82, 2.24) is 9.47 Å². The largest absolute Gasteiger partial charge is 0.346 e. The molecule has 1 aliphatic rings. The summed E-state index contributed by atoms with van der Waals surface area (Å²) < 4.78 is 2.39. The maximum absolute atomic E-state index is 2.48. The van der Waals surface area contributed by atoms with Gasteiger partial charge in [0.25, 0.3) is 0 Å². The standard InChI is InChI=1S/C14H18N2.ClH/c1-15-9-4-6-13(15)11-16-10-8-12-5-2-3-7-14(12)16;/h2-3,5,7-8,10,13H,4,6,9,11H2,1H3;1H/t13-;/m1./s1. The van der Waals surface area contributed by atoms with Crippen molar-refractivity contribution in [3.05, 3.63) is 36.5 Å². The van der Waals surface area contributed by atoms with Gasteiger partial charge in [0.05, 0.1) is 0 Å². The molecule has 0 bridgehead atoms. The van der Waals surface area contributed by atoms with E-state index in [1.807, 2.05) is 0 Å². The molecule has 92 valence electrons. The number of nitrogens with zero attached hydrogens (tertiary/aromatic N) is 2. The van der Waals surface area contributed by atoms with Crippen LogP contribution in [0.4, 0.5) is 0 Å². The second-order valence-electron chi connectivity index (χ2n) is 4.80. The first-order valence-electron chi connectivity index (χ1n) is 6.09. The van der Waals surface area contributed by atoms with Gasteiger partial charge in [0.1, 0.15) is 0 Å². The summed E-state index contributed by atoms with van der Waals surface area (Å²) >= 11 is 0.